The van der Waals surface area contributed by atoms with Gasteiger partial charge in [-0.1, -0.05) is 21.1 Å². The zero-order chi connectivity index (χ0) is 12.5. The lowest BCUT2D eigenvalue weighted by Crippen LogP contribution is -2.05. The van der Waals surface area contributed by atoms with Crippen molar-refractivity contribution in [3.8, 4) is 0 Å². The van der Waals surface area contributed by atoms with Crippen LogP contribution in [0.25, 0.3) is 0 Å². The summed E-state index contributed by atoms with van der Waals surface area (Å²) in [4.78, 5) is 4.11. The van der Waals surface area contributed by atoms with E-state index in [0.29, 0.717) is 5.82 Å². The molecule has 1 heterocycles. The number of sulfone groups is 1. The van der Waals surface area contributed by atoms with E-state index in [1.807, 2.05) is 0 Å². The van der Waals surface area contributed by atoms with Crippen LogP contribution in [0, 0.1) is 6.92 Å². The Hall–Kier alpha value is -1.21. The van der Waals surface area contributed by atoms with Gasteiger partial charge in [-0.2, -0.15) is 4.98 Å². The summed E-state index contributed by atoms with van der Waals surface area (Å²) in [6, 6.07) is 6.41. The molecule has 0 saturated carbocycles. The Bertz CT molecular complexity index is 619. The van der Waals surface area contributed by atoms with Gasteiger partial charge in [-0.3, -0.25) is 0 Å². The monoisotopic (exact) mass is 316 g/mol. The summed E-state index contributed by atoms with van der Waals surface area (Å²) in [7, 11) is -3.43. The van der Waals surface area contributed by atoms with E-state index in [2.05, 4.69) is 26.1 Å². The Morgan fingerprint density at radius 1 is 1.29 bits per heavy atom. The van der Waals surface area contributed by atoms with Gasteiger partial charge in [0.15, 0.2) is 15.7 Å². The first-order chi connectivity index (χ1) is 7.97. The molecular weight excluding hydrogens is 308 g/mol. The summed E-state index contributed by atoms with van der Waals surface area (Å²) < 4.78 is 29.6. The Balaban J connectivity index is 2.28. The first-order valence-electron chi connectivity index (χ1n) is 4.75. The number of rotatable bonds is 3. The molecule has 0 N–H and O–H groups in total. The molecule has 1 aromatic heterocycles. The minimum atomic E-state index is -3.43. The molecule has 0 atom stereocenters. The average Bonchev–Trinajstić information content (AvgIpc) is 2.63. The van der Waals surface area contributed by atoms with Crippen molar-refractivity contribution in [1.29, 1.82) is 0 Å². The van der Waals surface area contributed by atoms with Crippen molar-refractivity contribution in [2.75, 3.05) is 0 Å². The van der Waals surface area contributed by atoms with E-state index in [4.69, 9.17) is 4.52 Å². The van der Waals surface area contributed by atoms with Crippen molar-refractivity contribution in [2.45, 2.75) is 17.6 Å². The van der Waals surface area contributed by atoms with Crippen molar-refractivity contribution < 1.29 is 12.9 Å². The highest BCUT2D eigenvalue weighted by Gasteiger charge is 2.18. The van der Waals surface area contributed by atoms with Crippen LogP contribution in [0.4, 0.5) is 0 Å². The number of hydrogen-bond acceptors (Lipinski definition) is 5. The second-order valence-electron chi connectivity index (χ2n) is 3.45. The standard InChI is InChI=1S/C10H9BrN2O3S/c1-7-12-10(16-13-7)6-17(14,15)9-4-2-8(11)3-5-9/h2-5H,6H2,1H3. The van der Waals surface area contributed by atoms with Crippen molar-refractivity contribution in [3.63, 3.8) is 0 Å². The van der Waals surface area contributed by atoms with Gasteiger partial charge in [-0.25, -0.2) is 8.42 Å². The molecule has 0 unspecified atom stereocenters. The maximum atomic E-state index is 12.0. The van der Waals surface area contributed by atoms with Crippen LogP contribution in [0.1, 0.15) is 11.7 Å². The molecule has 0 spiro atoms. The van der Waals surface area contributed by atoms with E-state index in [0.717, 1.165) is 4.47 Å². The summed E-state index contributed by atoms with van der Waals surface area (Å²) in [5.41, 5.74) is 0. The quantitative estimate of drug-likeness (QED) is 0.867. The van der Waals surface area contributed by atoms with Gasteiger partial charge < -0.3 is 4.52 Å². The fourth-order valence-corrected chi connectivity index (χ4v) is 2.71. The van der Waals surface area contributed by atoms with E-state index in [1.165, 1.54) is 12.1 Å². The minimum absolute atomic E-state index is 0.102. The van der Waals surface area contributed by atoms with Crippen LogP contribution in [0.3, 0.4) is 0 Å². The maximum Gasteiger partial charge on any atom is 0.242 e. The molecule has 0 aliphatic carbocycles. The Labute approximate surface area is 107 Å². The Morgan fingerprint density at radius 3 is 2.47 bits per heavy atom. The minimum Gasteiger partial charge on any atom is -0.338 e. The number of halogens is 1. The third kappa shape index (κ3) is 2.92. The molecule has 5 nitrogen and oxygen atoms in total. The van der Waals surface area contributed by atoms with Crippen LogP contribution in [0.2, 0.25) is 0 Å². The van der Waals surface area contributed by atoms with Gasteiger partial charge >= 0.3 is 0 Å². The van der Waals surface area contributed by atoms with Crippen molar-refractivity contribution in [2.24, 2.45) is 0 Å². The van der Waals surface area contributed by atoms with E-state index >= 15 is 0 Å². The highest BCUT2D eigenvalue weighted by Crippen LogP contribution is 2.18. The number of aromatic nitrogens is 2. The van der Waals surface area contributed by atoms with Gasteiger partial charge in [-0.15, -0.1) is 0 Å². The Kier molecular flexibility index (Phi) is 3.30. The molecule has 2 rings (SSSR count). The van der Waals surface area contributed by atoms with Crippen molar-refractivity contribution >= 4 is 25.8 Å². The molecule has 0 aliphatic rings. The van der Waals surface area contributed by atoms with Gasteiger partial charge in [0.25, 0.3) is 0 Å². The second kappa shape index (κ2) is 4.58. The third-order valence-electron chi connectivity index (χ3n) is 2.06. The molecule has 0 saturated heterocycles. The zero-order valence-corrected chi connectivity index (χ0v) is 11.3. The summed E-state index contributed by atoms with van der Waals surface area (Å²) in [5, 5.41) is 3.55. The number of hydrogen-bond donors (Lipinski definition) is 0. The Morgan fingerprint density at radius 2 is 1.94 bits per heavy atom. The lowest BCUT2D eigenvalue weighted by atomic mass is 10.4. The van der Waals surface area contributed by atoms with E-state index in [-0.39, 0.29) is 16.5 Å². The van der Waals surface area contributed by atoms with Crippen LogP contribution < -0.4 is 0 Å². The van der Waals surface area contributed by atoms with Gasteiger partial charge in [-0.05, 0) is 31.2 Å². The van der Waals surface area contributed by atoms with Gasteiger partial charge in [0.2, 0.25) is 5.89 Å². The van der Waals surface area contributed by atoms with Crippen LogP contribution >= 0.6 is 15.9 Å². The fourth-order valence-electron chi connectivity index (χ4n) is 1.29. The molecule has 17 heavy (non-hydrogen) atoms. The summed E-state index contributed by atoms with van der Waals surface area (Å²) >= 11 is 3.25. The fraction of sp³-hybridized carbons (Fsp3) is 0.200. The molecule has 0 fully saturated rings. The second-order valence-corrected chi connectivity index (χ2v) is 6.35. The molecule has 0 radical (unpaired) electrons. The molecule has 0 amide bonds. The van der Waals surface area contributed by atoms with Crippen LogP contribution in [-0.2, 0) is 15.6 Å². The summed E-state index contributed by atoms with van der Waals surface area (Å²) in [5.74, 6) is 0.242. The van der Waals surface area contributed by atoms with Crippen LogP contribution in [-0.4, -0.2) is 18.6 Å². The van der Waals surface area contributed by atoms with Crippen LogP contribution in [0.15, 0.2) is 38.2 Å². The largest absolute Gasteiger partial charge is 0.338 e. The first-order valence-corrected chi connectivity index (χ1v) is 7.19. The van der Waals surface area contributed by atoms with E-state index in [1.54, 1.807) is 19.1 Å². The van der Waals surface area contributed by atoms with Gasteiger partial charge in [0, 0.05) is 4.47 Å². The van der Waals surface area contributed by atoms with Gasteiger partial charge in [0.05, 0.1) is 4.90 Å². The number of benzene rings is 1. The molecule has 7 heteroatoms. The highest BCUT2D eigenvalue weighted by molar-refractivity contribution is 9.10. The SMILES string of the molecule is Cc1noc(CS(=O)(=O)c2ccc(Br)cc2)n1. The van der Waals surface area contributed by atoms with Gasteiger partial charge in [0.1, 0.15) is 5.75 Å². The van der Waals surface area contributed by atoms with Crippen molar-refractivity contribution in [3.05, 3.63) is 40.5 Å². The number of nitrogens with zero attached hydrogens (tertiary/aromatic N) is 2. The predicted octanol–water partition coefficient (Wildman–Crippen LogP) is 2.11. The lowest BCUT2D eigenvalue weighted by molar-refractivity contribution is 0.384. The number of aryl methyl sites for hydroxylation is 1. The third-order valence-corrected chi connectivity index (χ3v) is 4.20. The van der Waals surface area contributed by atoms with E-state index in [9.17, 15) is 8.42 Å². The normalized spacial score (nSPS) is 11.6. The predicted molar refractivity (Wildman–Crippen MR) is 64.1 cm³/mol. The van der Waals surface area contributed by atoms with Crippen molar-refractivity contribution in [1.82, 2.24) is 10.1 Å². The smallest absolute Gasteiger partial charge is 0.242 e. The average molecular weight is 317 g/mol. The topological polar surface area (TPSA) is 73.1 Å². The molecule has 1 aromatic carbocycles. The lowest BCUT2D eigenvalue weighted by Gasteiger charge is -2.01. The van der Waals surface area contributed by atoms with Crippen LogP contribution in [0.5, 0.6) is 0 Å². The first kappa shape index (κ1) is 12.3. The highest BCUT2D eigenvalue weighted by atomic mass is 79.9. The molecule has 0 bridgehead atoms. The summed E-state index contributed by atoms with van der Waals surface area (Å²) in [6.07, 6.45) is 0. The molecule has 0 aliphatic heterocycles. The summed E-state index contributed by atoms with van der Waals surface area (Å²) in [6.45, 7) is 1.64. The molecule has 2 aromatic rings. The zero-order valence-electron chi connectivity index (χ0n) is 8.92. The molecular formula is C10H9BrN2O3S. The molecule has 90 valence electrons. The maximum absolute atomic E-state index is 12.0. The van der Waals surface area contributed by atoms with E-state index < -0.39 is 9.84 Å².